The molecule has 27 heavy (non-hydrogen) atoms. The summed E-state index contributed by atoms with van der Waals surface area (Å²) in [6, 6.07) is 5.80. The van der Waals surface area contributed by atoms with Crippen LogP contribution in [0.3, 0.4) is 0 Å². The van der Waals surface area contributed by atoms with Crippen LogP contribution in [0.25, 0.3) is 0 Å². The van der Waals surface area contributed by atoms with E-state index in [4.69, 9.17) is 11.6 Å². The summed E-state index contributed by atoms with van der Waals surface area (Å²) in [6.45, 7) is 7.62. The van der Waals surface area contributed by atoms with Crippen molar-refractivity contribution < 1.29 is 4.79 Å². The molecule has 1 N–H and O–H groups in total. The number of nitrogens with zero attached hydrogens (tertiary/aromatic N) is 5. The third-order valence-electron chi connectivity index (χ3n) is 5.23. The average molecular weight is 387 g/mol. The first-order valence-electron chi connectivity index (χ1n) is 9.17. The first-order chi connectivity index (χ1) is 13.0. The lowest BCUT2D eigenvalue weighted by Crippen LogP contribution is -2.50. The van der Waals surface area contributed by atoms with Crippen LogP contribution in [0.2, 0.25) is 5.02 Å². The summed E-state index contributed by atoms with van der Waals surface area (Å²) < 4.78 is 0. The number of hydrogen-bond donors (Lipinski definition) is 1. The lowest BCUT2D eigenvalue weighted by Gasteiger charge is -2.37. The van der Waals surface area contributed by atoms with Crippen molar-refractivity contribution in [1.82, 2.24) is 14.7 Å². The minimum absolute atomic E-state index is 0.0960. The predicted molar refractivity (Wildman–Crippen MR) is 109 cm³/mol. The van der Waals surface area contributed by atoms with E-state index in [-0.39, 0.29) is 6.03 Å². The van der Waals surface area contributed by atoms with Crippen molar-refractivity contribution in [3.8, 4) is 0 Å². The standard InChI is InChI=1S/C19H23ClN6O/c1-13-11-21-18-10-17(22-12-26(13)18)24-6-8-25(9-7-24)19(27)23-16-5-3-4-15(20)14(16)2/h3-5,10,12-13H,6-9,11H2,1-2H3,(H,23,27). The second-order valence-corrected chi connectivity index (χ2v) is 7.43. The van der Waals surface area contributed by atoms with E-state index in [9.17, 15) is 4.79 Å². The Bertz CT molecular complexity index is 841. The van der Waals surface area contributed by atoms with E-state index >= 15 is 0 Å². The quantitative estimate of drug-likeness (QED) is 0.850. The lowest BCUT2D eigenvalue weighted by molar-refractivity contribution is 0.166. The maximum absolute atomic E-state index is 12.6. The summed E-state index contributed by atoms with van der Waals surface area (Å²) in [4.78, 5) is 27.8. The molecule has 4 rings (SSSR count). The molecule has 8 heteroatoms. The monoisotopic (exact) mass is 386 g/mol. The van der Waals surface area contributed by atoms with Gasteiger partial charge in [0.25, 0.3) is 0 Å². The fourth-order valence-electron chi connectivity index (χ4n) is 3.44. The molecule has 142 valence electrons. The van der Waals surface area contributed by atoms with Gasteiger partial charge in [0.15, 0.2) is 0 Å². The number of carbonyl (C=O) groups excluding carboxylic acids is 1. The van der Waals surface area contributed by atoms with Gasteiger partial charge in [-0.2, -0.15) is 0 Å². The molecule has 0 radical (unpaired) electrons. The van der Waals surface area contributed by atoms with Crippen molar-refractivity contribution >= 4 is 35.5 Å². The molecule has 3 aliphatic rings. The fourth-order valence-corrected chi connectivity index (χ4v) is 3.61. The van der Waals surface area contributed by atoms with E-state index in [2.05, 4.69) is 32.0 Å². The summed E-state index contributed by atoms with van der Waals surface area (Å²) in [7, 11) is 0. The molecule has 0 spiro atoms. The first-order valence-corrected chi connectivity index (χ1v) is 9.55. The highest BCUT2D eigenvalue weighted by molar-refractivity contribution is 6.31. The van der Waals surface area contributed by atoms with Crippen LogP contribution in [0, 0.1) is 6.92 Å². The van der Waals surface area contributed by atoms with Crippen LogP contribution in [0.5, 0.6) is 0 Å². The first kappa shape index (κ1) is 17.9. The van der Waals surface area contributed by atoms with E-state index in [1.807, 2.05) is 42.4 Å². The number of amidine groups is 1. The molecule has 0 aromatic heterocycles. The van der Waals surface area contributed by atoms with Gasteiger partial charge in [0.05, 0.1) is 18.9 Å². The van der Waals surface area contributed by atoms with Crippen molar-refractivity contribution in [3.63, 3.8) is 0 Å². The largest absolute Gasteiger partial charge is 0.353 e. The van der Waals surface area contributed by atoms with Crippen LogP contribution in [0.15, 0.2) is 40.1 Å². The second-order valence-electron chi connectivity index (χ2n) is 7.02. The molecule has 0 aliphatic carbocycles. The molecule has 1 fully saturated rings. The molecule has 1 aromatic carbocycles. The molecule has 1 aromatic rings. The number of halogens is 1. The Kier molecular flexibility index (Phi) is 4.78. The molecule has 1 unspecified atom stereocenters. The van der Waals surface area contributed by atoms with Gasteiger partial charge in [-0.25, -0.2) is 9.79 Å². The molecule has 0 bridgehead atoms. The molecule has 7 nitrogen and oxygen atoms in total. The summed E-state index contributed by atoms with van der Waals surface area (Å²) in [5.41, 5.74) is 1.63. The van der Waals surface area contributed by atoms with Crippen LogP contribution >= 0.6 is 11.6 Å². The van der Waals surface area contributed by atoms with Crippen molar-refractivity contribution in [3.05, 3.63) is 40.7 Å². The Labute approximate surface area is 164 Å². The summed E-state index contributed by atoms with van der Waals surface area (Å²) in [6.07, 6.45) is 3.90. The maximum Gasteiger partial charge on any atom is 0.321 e. The molecular weight excluding hydrogens is 364 g/mol. The molecule has 3 aliphatic heterocycles. The third-order valence-corrected chi connectivity index (χ3v) is 5.64. The zero-order valence-electron chi connectivity index (χ0n) is 15.5. The summed E-state index contributed by atoms with van der Waals surface area (Å²) >= 11 is 6.13. The number of amides is 2. The van der Waals surface area contributed by atoms with E-state index < -0.39 is 0 Å². The number of fused-ring (bicyclic) bond motifs is 1. The lowest BCUT2D eigenvalue weighted by atomic mass is 10.2. The van der Waals surface area contributed by atoms with E-state index in [0.717, 1.165) is 42.5 Å². The van der Waals surface area contributed by atoms with Gasteiger partial charge in [-0.1, -0.05) is 17.7 Å². The minimum Gasteiger partial charge on any atom is -0.353 e. The summed E-state index contributed by atoms with van der Waals surface area (Å²) in [5, 5.41) is 3.62. The van der Waals surface area contributed by atoms with Gasteiger partial charge in [0.2, 0.25) is 0 Å². The fraction of sp³-hybridized carbons (Fsp3) is 0.421. The number of carbonyl (C=O) groups is 1. The number of rotatable bonds is 2. The van der Waals surface area contributed by atoms with Crippen molar-refractivity contribution in [2.75, 3.05) is 38.0 Å². The minimum atomic E-state index is -0.0960. The SMILES string of the molecule is Cc1c(Cl)cccc1NC(=O)N1CCN(C2=CC3=NCC(C)N3C=N2)CC1. The molecule has 1 atom stereocenters. The van der Waals surface area contributed by atoms with Crippen molar-refractivity contribution in [1.29, 1.82) is 0 Å². The van der Waals surface area contributed by atoms with Crippen LogP contribution in [0.4, 0.5) is 10.5 Å². The highest BCUT2D eigenvalue weighted by atomic mass is 35.5. The third kappa shape index (κ3) is 3.51. The zero-order valence-corrected chi connectivity index (χ0v) is 16.3. The van der Waals surface area contributed by atoms with Crippen LogP contribution in [-0.2, 0) is 0 Å². The van der Waals surface area contributed by atoms with Gasteiger partial charge >= 0.3 is 6.03 Å². The normalized spacial score (nSPS) is 21.7. The van der Waals surface area contributed by atoms with Crippen molar-refractivity contribution in [2.45, 2.75) is 19.9 Å². The Morgan fingerprint density at radius 2 is 2.04 bits per heavy atom. The zero-order chi connectivity index (χ0) is 19.0. The van der Waals surface area contributed by atoms with Crippen LogP contribution in [-0.4, -0.2) is 71.7 Å². The average Bonchev–Trinajstić information content (AvgIpc) is 3.06. The van der Waals surface area contributed by atoms with Crippen molar-refractivity contribution in [2.24, 2.45) is 9.98 Å². The Hall–Kier alpha value is -2.54. The number of hydrogen-bond acceptors (Lipinski definition) is 5. The number of anilines is 1. The highest BCUT2D eigenvalue weighted by Crippen LogP contribution is 2.24. The highest BCUT2D eigenvalue weighted by Gasteiger charge is 2.28. The van der Waals surface area contributed by atoms with Gasteiger partial charge in [-0.15, -0.1) is 0 Å². The molecule has 2 amide bonds. The second kappa shape index (κ2) is 7.23. The van der Waals surface area contributed by atoms with Crippen LogP contribution in [0.1, 0.15) is 12.5 Å². The predicted octanol–water partition coefficient (Wildman–Crippen LogP) is 2.78. The van der Waals surface area contributed by atoms with Gasteiger partial charge in [-0.3, -0.25) is 4.99 Å². The molecule has 1 saturated heterocycles. The van der Waals surface area contributed by atoms with E-state index in [1.54, 1.807) is 0 Å². The number of urea groups is 1. The van der Waals surface area contributed by atoms with Gasteiger partial charge < -0.3 is 20.0 Å². The van der Waals surface area contributed by atoms with E-state index in [1.165, 1.54) is 0 Å². The van der Waals surface area contributed by atoms with Crippen LogP contribution < -0.4 is 5.32 Å². The molecule has 0 saturated carbocycles. The van der Waals surface area contributed by atoms with Gasteiger partial charge in [0.1, 0.15) is 11.7 Å². The smallest absolute Gasteiger partial charge is 0.321 e. The number of aliphatic imine (C=N–C) groups is 2. The number of nitrogens with one attached hydrogen (secondary N) is 1. The van der Waals surface area contributed by atoms with Gasteiger partial charge in [0, 0.05) is 43.0 Å². The molecular formula is C19H23ClN6O. The molecule has 3 heterocycles. The Balaban J connectivity index is 1.35. The number of benzene rings is 1. The van der Waals surface area contributed by atoms with Gasteiger partial charge in [-0.05, 0) is 31.5 Å². The summed E-state index contributed by atoms with van der Waals surface area (Å²) in [5.74, 6) is 1.90. The van der Waals surface area contributed by atoms with E-state index in [0.29, 0.717) is 24.2 Å². The Morgan fingerprint density at radius 1 is 1.26 bits per heavy atom. The number of piperazine rings is 1. The maximum atomic E-state index is 12.6. The topological polar surface area (TPSA) is 63.5 Å². The Morgan fingerprint density at radius 3 is 2.81 bits per heavy atom.